The lowest BCUT2D eigenvalue weighted by Gasteiger charge is -2.25. The molecule has 1 amide bonds. The summed E-state index contributed by atoms with van der Waals surface area (Å²) in [6.45, 7) is 3.97. The van der Waals surface area contributed by atoms with E-state index in [0.29, 0.717) is 19.3 Å². The first-order valence-electron chi connectivity index (χ1n) is 14.3. The van der Waals surface area contributed by atoms with Crippen LogP contribution in [0.4, 0.5) is 13.6 Å². The number of rotatable bonds is 14. The minimum Gasteiger partial charge on any atom is -0.436 e. The van der Waals surface area contributed by atoms with Crippen molar-refractivity contribution in [3.05, 3.63) is 95.6 Å². The lowest BCUT2D eigenvalue weighted by molar-refractivity contribution is -0.127. The van der Waals surface area contributed by atoms with Gasteiger partial charge in [0.2, 0.25) is 0 Å². The van der Waals surface area contributed by atoms with Crippen molar-refractivity contribution in [1.82, 2.24) is 5.32 Å². The fraction of sp³-hybridized carbons (Fsp3) is 0.382. The first kappa shape index (κ1) is 31.0. The lowest BCUT2D eigenvalue weighted by Crippen LogP contribution is -2.38. The molecule has 3 N–H and O–H groups in total. The number of hydrogen-bond acceptors (Lipinski definition) is 5. The summed E-state index contributed by atoms with van der Waals surface area (Å²) in [7, 11) is 0. The normalized spacial score (nSPS) is 17.4. The quantitative estimate of drug-likeness (QED) is 0.234. The predicted molar refractivity (Wildman–Crippen MR) is 158 cm³/mol. The molecular formula is C34H38F2N2O4. The maximum Gasteiger partial charge on any atom is 0.408 e. The molecule has 1 fully saturated rings. The van der Waals surface area contributed by atoms with Gasteiger partial charge in [0.05, 0.1) is 6.04 Å². The molecule has 0 radical (unpaired) electrons. The summed E-state index contributed by atoms with van der Waals surface area (Å²) in [5.41, 5.74) is 9.06. The zero-order valence-electron chi connectivity index (χ0n) is 24.1. The Morgan fingerprint density at radius 2 is 1.62 bits per heavy atom. The van der Waals surface area contributed by atoms with Crippen molar-refractivity contribution in [3.8, 4) is 11.1 Å². The molecule has 42 heavy (non-hydrogen) atoms. The van der Waals surface area contributed by atoms with Crippen LogP contribution in [0.5, 0.6) is 0 Å². The number of benzene rings is 3. The van der Waals surface area contributed by atoms with Crippen LogP contribution in [-0.2, 0) is 27.2 Å². The van der Waals surface area contributed by atoms with Gasteiger partial charge in [-0.1, -0.05) is 68.4 Å². The Morgan fingerprint density at radius 3 is 2.33 bits per heavy atom. The van der Waals surface area contributed by atoms with Gasteiger partial charge in [-0.25, -0.2) is 13.6 Å². The van der Waals surface area contributed by atoms with E-state index >= 15 is 0 Å². The zero-order valence-corrected chi connectivity index (χ0v) is 24.1. The van der Waals surface area contributed by atoms with E-state index in [4.69, 9.17) is 10.5 Å². The Bertz CT molecular complexity index is 1390. The van der Waals surface area contributed by atoms with Gasteiger partial charge >= 0.3 is 6.09 Å². The highest BCUT2D eigenvalue weighted by atomic mass is 19.1. The molecule has 3 unspecified atom stereocenters. The van der Waals surface area contributed by atoms with E-state index < -0.39 is 35.9 Å². The summed E-state index contributed by atoms with van der Waals surface area (Å²) in [5, 5.41) is 2.78. The number of carbonyl (C=O) groups excluding carboxylic acids is 3. The molecular weight excluding hydrogens is 538 g/mol. The van der Waals surface area contributed by atoms with Crippen LogP contribution in [0, 0.1) is 17.0 Å². The van der Waals surface area contributed by atoms with E-state index in [1.54, 1.807) is 0 Å². The van der Waals surface area contributed by atoms with Gasteiger partial charge in [-0.05, 0) is 71.6 Å². The molecule has 1 heterocycles. The summed E-state index contributed by atoms with van der Waals surface area (Å²) in [6.07, 6.45) is 0.664. The fourth-order valence-electron chi connectivity index (χ4n) is 5.28. The molecule has 0 spiro atoms. The van der Waals surface area contributed by atoms with E-state index in [1.807, 2.05) is 68.4 Å². The van der Waals surface area contributed by atoms with E-state index in [0.717, 1.165) is 34.9 Å². The molecule has 0 aliphatic carbocycles. The van der Waals surface area contributed by atoms with Crippen LogP contribution in [0.3, 0.4) is 0 Å². The smallest absolute Gasteiger partial charge is 0.408 e. The van der Waals surface area contributed by atoms with Crippen molar-refractivity contribution < 1.29 is 27.9 Å². The van der Waals surface area contributed by atoms with Crippen LogP contribution in [0.1, 0.15) is 57.1 Å². The number of ketones is 2. The van der Waals surface area contributed by atoms with E-state index in [1.165, 1.54) is 0 Å². The summed E-state index contributed by atoms with van der Waals surface area (Å²) in [6, 6.07) is 20.2. The number of nitrogens with one attached hydrogen (secondary N) is 1. The van der Waals surface area contributed by atoms with Crippen molar-refractivity contribution in [2.75, 3.05) is 0 Å². The number of Topliss-reactive ketones (excluding diaryl/α,β-unsaturated/α-hetero) is 2. The third-order valence-corrected chi connectivity index (χ3v) is 7.85. The highest BCUT2D eigenvalue weighted by Crippen LogP contribution is 2.30. The van der Waals surface area contributed by atoms with Crippen LogP contribution >= 0.6 is 0 Å². The third-order valence-electron chi connectivity index (χ3n) is 7.85. The largest absolute Gasteiger partial charge is 0.436 e. The van der Waals surface area contributed by atoms with Crippen LogP contribution in [0.15, 0.2) is 72.8 Å². The second-order valence-corrected chi connectivity index (χ2v) is 11.9. The number of nitrogens with two attached hydrogens (primary N) is 1. The Morgan fingerprint density at radius 1 is 0.952 bits per heavy atom. The second-order valence-electron chi connectivity index (χ2n) is 11.9. The van der Waals surface area contributed by atoms with Gasteiger partial charge in [0.1, 0.15) is 17.4 Å². The number of hydrogen-bond donors (Lipinski definition) is 2. The summed E-state index contributed by atoms with van der Waals surface area (Å²) >= 11 is 0. The molecule has 1 aliphatic rings. The van der Waals surface area contributed by atoms with Gasteiger partial charge in [0, 0.05) is 25.3 Å². The van der Waals surface area contributed by atoms with Crippen molar-refractivity contribution in [2.45, 2.75) is 77.0 Å². The molecule has 1 saturated heterocycles. The number of alkyl carbamates (subject to hydrolysis) is 1. The Balaban J connectivity index is 1.24. The highest BCUT2D eigenvalue weighted by Gasteiger charge is 2.39. The standard InChI is InChI=1S/C34H38F2N2O4/c1-34(2,16-14-28(39)21-27(37)20-25-19-26(35)12-13-29(25)36)17-15-31(40)32-30(38-33(41)42-32)18-22-8-10-24(11-9-22)23-6-4-3-5-7-23/h3-13,19,27,30,32H,14-18,20-21,37H2,1-2H3,(H,38,41). The van der Waals surface area contributed by atoms with Crippen molar-refractivity contribution in [3.63, 3.8) is 0 Å². The van der Waals surface area contributed by atoms with Crippen LogP contribution < -0.4 is 11.1 Å². The summed E-state index contributed by atoms with van der Waals surface area (Å²) in [4.78, 5) is 37.7. The predicted octanol–water partition coefficient (Wildman–Crippen LogP) is 6.34. The number of halogens is 2. The van der Waals surface area contributed by atoms with Crippen LogP contribution in [0.2, 0.25) is 0 Å². The lowest BCUT2D eigenvalue weighted by atomic mass is 9.80. The number of amides is 1. The molecule has 6 nitrogen and oxygen atoms in total. The fourth-order valence-corrected chi connectivity index (χ4v) is 5.28. The Hall–Kier alpha value is -3.91. The first-order chi connectivity index (χ1) is 20.0. The minimum atomic E-state index is -0.870. The van der Waals surface area contributed by atoms with Gasteiger partial charge in [0.15, 0.2) is 11.9 Å². The molecule has 3 aromatic rings. The molecule has 222 valence electrons. The minimum absolute atomic E-state index is 0.0582. The molecule has 1 aliphatic heterocycles. The second kappa shape index (κ2) is 13.8. The molecule has 0 aromatic heterocycles. The number of carbonyl (C=O) groups is 3. The molecule has 0 saturated carbocycles. The van der Waals surface area contributed by atoms with Gasteiger partial charge in [-0.2, -0.15) is 0 Å². The summed E-state index contributed by atoms with van der Waals surface area (Å²) in [5.74, 6) is -1.31. The molecule has 4 rings (SSSR count). The SMILES string of the molecule is CC(C)(CCC(=O)CC(N)Cc1cc(F)ccc1F)CCC(=O)C1OC(=O)NC1Cc1ccc(-c2ccccc2)cc1. The maximum absolute atomic E-state index is 13.9. The van der Waals surface area contributed by atoms with Crippen LogP contribution in [0.25, 0.3) is 11.1 Å². The molecule has 8 heteroatoms. The third kappa shape index (κ3) is 8.79. The monoisotopic (exact) mass is 576 g/mol. The Labute approximate surface area is 245 Å². The zero-order chi connectivity index (χ0) is 30.3. The van der Waals surface area contributed by atoms with Gasteiger partial charge < -0.3 is 15.8 Å². The Kier molecular flexibility index (Phi) is 10.2. The van der Waals surface area contributed by atoms with Gasteiger partial charge in [0.25, 0.3) is 0 Å². The van der Waals surface area contributed by atoms with Crippen molar-refractivity contribution in [2.24, 2.45) is 11.1 Å². The molecule has 3 atom stereocenters. The highest BCUT2D eigenvalue weighted by molar-refractivity contribution is 5.89. The van der Waals surface area contributed by atoms with Gasteiger partial charge in [-0.15, -0.1) is 0 Å². The van der Waals surface area contributed by atoms with E-state index in [-0.39, 0.29) is 48.2 Å². The first-order valence-corrected chi connectivity index (χ1v) is 14.3. The average Bonchev–Trinajstić information content (AvgIpc) is 3.33. The van der Waals surface area contributed by atoms with Gasteiger partial charge in [-0.3, -0.25) is 9.59 Å². The van der Waals surface area contributed by atoms with Crippen molar-refractivity contribution >= 4 is 17.7 Å². The summed E-state index contributed by atoms with van der Waals surface area (Å²) < 4.78 is 32.7. The molecule has 3 aromatic carbocycles. The average molecular weight is 577 g/mol. The van der Waals surface area contributed by atoms with E-state index in [2.05, 4.69) is 5.32 Å². The van der Waals surface area contributed by atoms with Crippen molar-refractivity contribution in [1.29, 1.82) is 0 Å². The molecule has 0 bridgehead atoms. The number of cyclic esters (lactones) is 1. The maximum atomic E-state index is 13.9. The number of ether oxygens (including phenoxy) is 1. The van der Waals surface area contributed by atoms with Crippen LogP contribution in [-0.4, -0.2) is 35.8 Å². The van der Waals surface area contributed by atoms with E-state index in [9.17, 15) is 23.2 Å². The topological polar surface area (TPSA) is 98.5 Å².